The van der Waals surface area contributed by atoms with Crippen LogP contribution in [0, 0.1) is 17.0 Å². The summed E-state index contributed by atoms with van der Waals surface area (Å²) in [7, 11) is -6.15. The summed E-state index contributed by atoms with van der Waals surface area (Å²) in [6.07, 6.45) is 1.71. The van der Waals surface area contributed by atoms with Crippen LogP contribution < -0.4 is 0 Å². The molecule has 1 aliphatic heterocycles. The minimum Gasteiger partial charge on any atom is -0.337 e. The lowest BCUT2D eigenvalue weighted by molar-refractivity contribution is -0.385. The van der Waals surface area contributed by atoms with Crippen molar-refractivity contribution >= 4 is 25.7 Å². The van der Waals surface area contributed by atoms with Crippen LogP contribution in [0.1, 0.15) is 12.2 Å². The average Bonchev–Trinajstić information content (AvgIpc) is 2.88. The maximum absolute atomic E-state index is 12.9. The highest BCUT2D eigenvalue weighted by Gasteiger charge is 2.33. The number of aryl methyl sites for hydroxylation is 2. The van der Waals surface area contributed by atoms with E-state index in [0.29, 0.717) is 12.2 Å². The molecule has 0 atom stereocenters. The number of benzene rings is 1. The Kier molecular flexibility index (Phi) is 5.76. The summed E-state index contributed by atoms with van der Waals surface area (Å²) in [6.45, 7) is 1.86. The predicted molar refractivity (Wildman–Crippen MR) is 103 cm³/mol. The van der Waals surface area contributed by atoms with Crippen LogP contribution in [0.3, 0.4) is 0 Å². The second-order valence-electron chi connectivity index (χ2n) is 6.65. The van der Waals surface area contributed by atoms with Gasteiger partial charge in [-0.15, -0.1) is 0 Å². The SMILES string of the molecule is Cc1nc(S(=O)(=O)N2CCCN(S(=O)(=O)c3cccc([N+](=O)[O-])c3)CC2)cn1C. The normalized spacial score (nSPS) is 17.2. The molecular weight excluding hydrogens is 422 g/mol. The van der Waals surface area contributed by atoms with E-state index in [9.17, 15) is 26.9 Å². The highest BCUT2D eigenvalue weighted by molar-refractivity contribution is 7.89. The van der Waals surface area contributed by atoms with E-state index in [1.807, 2.05) is 0 Å². The van der Waals surface area contributed by atoms with Crippen LogP contribution in [0.15, 0.2) is 40.4 Å². The second kappa shape index (κ2) is 7.82. The molecular formula is C16H21N5O6S2. The van der Waals surface area contributed by atoms with Crippen LogP contribution >= 0.6 is 0 Å². The van der Waals surface area contributed by atoms with Crippen molar-refractivity contribution < 1.29 is 21.8 Å². The topological polar surface area (TPSA) is 136 Å². The van der Waals surface area contributed by atoms with Crippen molar-refractivity contribution in [1.29, 1.82) is 0 Å². The van der Waals surface area contributed by atoms with Crippen molar-refractivity contribution in [2.45, 2.75) is 23.3 Å². The third-order valence-electron chi connectivity index (χ3n) is 4.77. The van der Waals surface area contributed by atoms with Crippen LogP contribution in [0.25, 0.3) is 0 Å². The highest BCUT2D eigenvalue weighted by atomic mass is 32.2. The average molecular weight is 444 g/mol. The second-order valence-corrected chi connectivity index (χ2v) is 10.5. The van der Waals surface area contributed by atoms with Crippen molar-refractivity contribution in [2.24, 2.45) is 7.05 Å². The fourth-order valence-electron chi connectivity index (χ4n) is 3.04. The molecule has 2 aromatic rings. The standard InChI is InChI=1S/C16H21N5O6S2/c1-13-17-16(12-18(13)2)29(26,27)20-8-4-7-19(9-10-20)28(24,25)15-6-3-5-14(11-15)21(22)23/h3,5-6,11-12H,4,7-10H2,1-2H3. The van der Waals surface area contributed by atoms with E-state index in [2.05, 4.69) is 4.98 Å². The smallest absolute Gasteiger partial charge is 0.270 e. The van der Waals surface area contributed by atoms with Crippen LogP contribution in [-0.4, -0.2) is 66.1 Å². The molecule has 0 saturated carbocycles. The summed E-state index contributed by atoms with van der Waals surface area (Å²) >= 11 is 0. The molecule has 0 aliphatic carbocycles. The Balaban J connectivity index is 1.82. The van der Waals surface area contributed by atoms with Gasteiger partial charge in [-0.1, -0.05) is 6.07 Å². The highest BCUT2D eigenvalue weighted by Crippen LogP contribution is 2.23. The fraction of sp³-hybridized carbons (Fsp3) is 0.438. The summed E-state index contributed by atoms with van der Waals surface area (Å²) in [4.78, 5) is 14.2. The molecule has 1 fully saturated rings. The summed E-state index contributed by atoms with van der Waals surface area (Å²) in [5.41, 5.74) is -0.323. The monoisotopic (exact) mass is 443 g/mol. The largest absolute Gasteiger partial charge is 0.337 e. The number of non-ortho nitro benzene ring substituents is 1. The Hall–Kier alpha value is -2.35. The quantitative estimate of drug-likeness (QED) is 0.491. The molecule has 13 heteroatoms. The van der Waals surface area contributed by atoms with E-state index < -0.39 is 25.0 Å². The Morgan fingerprint density at radius 2 is 1.66 bits per heavy atom. The number of nitro groups is 1. The van der Waals surface area contributed by atoms with Gasteiger partial charge in [0.2, 0.25) is 10.0 Å². The van der Waals surface area contributed by atoms with Gasteiger partial charge in [0, 0.05) is 51.6 Å². The van der Waals surface area contributed by atoms with Gasteiger partial charge in [-0.2, -0.15) is 8.61 Å². The Morgan fingerprint density at radius 3 is 2.21 bits per heavy atom. The summed E-state index contributed by atoms with van der Waals surface area (Å²) in [5.74, 6) is 0.549. The van der Waals surface area contributed by atoms with E-state index in [1.54, 1.807) is 18.5 Å². The minimum absolute atomic E-state index is 0.0356. The lowest BCUT2D eigenvalue weighted by Crippen LogP contribution is -2.37. The number of imidazole rings is 1. The molecule has 0 unspecified atom stereocenters. The predicted octanol–water partition coefficient (Wildman–Crippen LogP) is 0.722. The molecule has 11 nitrogen and oxygen atoms in total. The van der Waals surface area contributed by atoms with Gasteiger partial charge in [0.05, 0.1) is 9.82 Å². The van der Waals surface area contributed by atoms with Crippen LogP contribution in [0.4, 0.5) is 5.69 Å². The van der Waals surface area contributed by atoms with E-state index in [0.717, 1.165) is 10.4 Å². The first-order valence-corrected chi connectivity index (χ1v) is 11.7. The van der Waals surface area contributed by atoms with Crippen LogP contribution in [0.2, 0.25) is 0 Å². The number of aromatic nitrogens is 2. The molecule has 0 N–H and O–H groups in total. The van der Waals surface area contributed by atoms with Gasteiger partial charge in [0.1, 0.15) is 5.82 Å². The Morgan fingerprint density at radius 1 is 1.03 bits per heavy atom. The van der Waals surface area contributed by atoms with Crippen LogP contribution in [0.5, 0.6) is 0 Å². The summed E-state index contributed by atoms with van der Waals surface area (Å²) in [5, 5.41) is 10.9. The summed E-state index contributed by atoms with van der Waals surface area (Å²) < 4.78 is 55.5. The minimum atomic E-state index is -3.99. The first kappa shape index (κ1) is 21.4. The van der Waals surface area contributed by atoms with Crippen LogP contribution in [-0.2, 0) is 27.1 Å². The van der Waals surface area contributed by atoms with Crippen molar-refractivity contribution in [3.05, 3.63) is 46.4 Å². The lowest BCUT2D eigenvalue weighted by Gasteiger charge is -2.21. The molecule has 1 aromatic carbocycles. The van der Waals surface area contributed by atoms with Gasteiger partial charge in [-0.05, 0) is 19.4 Å². The summed E-state index contributed by atoms with van der Waals surface area (Å²) in [6, 6.07) is 4.82. The van der Waals surface area contributed by atoms with Crippen molar-refractivity contribution in [1.82, 2.24) is 18.2 Å². The van der Waals surface area contributed by atoms with Crippen molar-refractivity contribution in [3.63, 3.8) is 0 Å². The van der Waals surface area contributed by atoms with Crippen molar-refractivity contribution in [3.8, 4) is 0 Å². The molecule has 1 saturated heterocycles. The molecule has 0 spiro atoms. The number of sulfonamides is 2. The maximum atomic E-state index is 12.9. The van der Waals surface area contributed by atoms with Gasteiger partial charge < -0.3 is 4.57 Å². The molecule has 1 aromatic heterocycles. The molecule has 29 heavy (non-hydrogen) atoms. The molecule has 0 amide bonds. The van der Waals surface area contributed by atoms with E-state index in [-0.39, 0.29) is 41.8 Å². The number of rotatable bonds is 5. The zero-order valence-electron chi connectivity index (χ0n) is 15.9. The first-order valence-electron chi connectivity index (χ1n) is 8.78. The molecule has 0 bridgehead atoms. The molecule has 3 rings (SSSR count). The van der Waals surface area contributed by atoms with E-state index in [1.165, 1.54) is 28.7 Å². The van der Waals surface area contributed by atoms with Gasteiger partial charge in [-0.3, -0.25) is 10.1 Å². The first-order chi connectivity index (χ1) is 13.5. The van der Waals surface area contributed by atoms with E-state index >= 15 is 0 Å². The zero-order chi connectivity index (χ0) is 21.4. The van der Waals surface area contributed by atoms with Crippen molar-refractivity contribution in [2.75, 3.05) is 26.2 Å². The van der Waals surface area contributed by atoms with E-state index in [4.69, 9.17) is 0 Å². The van der Waals surface area contributed by atoms with Gasteiger partial charge in [0.25, 0.3) is 15.7 Å². The Labute approximate surface area is 168 Å². The molecule has 158 valence electrons. The molecule has 1 aliphatic rings. The third kappa shape index (κ3) is 4.17. The van der Waals surface area contributed by atoms with Gasteiger partial charge in [-0.25, -0.2) is 21.8 Å². The number of hydrogen-bond donors (Lipinski definition) is 0. The lowest BCUT2D eigenvalue weighted by atomic mass is 10.3. The number of nitro benzene ring substituents is 1. The molecule has 2 heterocycles. The Bertz CT molecular complexity index is 1120. The van der Waals surface area contributed by atoms with Gasteiger partial charge >= 0.3 is 0 Å². The number of hydrogen-bond acceptors (Lipinski definition) is 7. The zero-order valence-corrected chi connectivity index (χ0v) is 17.6. The third-order valence-corrected chi connectivity index (χ3v) is 8.44. The fourth-order valence-corrected chi connectivity index (χ4v) is 6.04. The number of nitrogens with zero attached hydrogens (tertiary/aromatic N) is 5. The van der Waals surface area contributed by atoms with Gasteiger partial charge in [0.15, 0.2) is 5.03 Å². The molecule has 0 radical (unpaired) electrons. The maximum Gasteiger partial charge on any atom is 0.270 e.